The number of thiazole rings is 1. The number of piperidine rings is 1. The van der Waals surface area contributed by atoms with Gasteiger partial charge in [-0.05, 0) is 84.2 Å². The summed E-state index contributed by atoms with van der Waals surface area (Å²) in [5.41, 5.74) is 2.43. The van der Waals surface area contributed by atoms with Gasteiger partial charge in [0.1, 0.15) is 5.75 Å². The number of benzene rings is 1. The molecule has 0 aliphatic carbocycles. The second-order valence-corrected chi connectivity index (χ2v) is 9.73. The minimum atomic E-state index is 0.133. The van der Waals surface area contributed by atoms with Crippen LogP contribution in [-0.4, -0.2) is 41.0 Å². The number of ether oxygens (including phenoxy) is 1. The van der Waals surface area contributed by atoms with E-state index in [1.165, 1.54) is 5.56 Å². The molecule has 1 aliphatic rings. The first-order valence-electron chi connectivity index (χ1n) is 11.1. The van der Waals surface area contributed by atoms with Gasteiger partial charge in [0.05, 0.1) is 16.8 Å². The third-order valence-corrected chi connectivity index (χ3v) is 6.38. The smallest absolute Gasteiger partial charge is 0.223 e. The molecule has 1 unspecified atom stereocenters. The van der Waals surface area contributed by atoms with Crippen LogP contribution in [0.1, 0.15) is 56.3 Å². The standard InChI is InChI=1S/C24H35N3O2S/c1-17(2)29-23-9-7-20(8-10-23)6-5-18(3)25-24(28)21-11-13-27(14-12-21)15-22-16-30-19(4)26-22/h7-10,16-18,21H,5-6,11-15H2,1-4H3,(H,25,28). The van der Waals surface area contributed by atoms with Gasteiger partial charge in [-0.25, -0.2) is 4.98 Å². The topological polar surface area (TPSA) is 54.5 Å². The van der Waals surface area contributed by atoms with E-state index < -0.39 is 0 Å². The summed E-state index contributed by atoms with van der Waals surface area (Å²) in [6, 6.07) is 8.47. The molecule has 1 saturated heterocycles. The average Bonchev–Trinajstić information content (AvgIpc) is 3.12. The number of nitrogens with one attached hydrogen (secondary N) is 1. The van der Waals surface area contributed by atoms with Crippen LogP contribution in [0.15, 0.2) is 29.6 Å². The van der Waals surface area contributed by atoms with Crippen LogP contribution in [0.4, 0.5) is 0 Å². The van der Waals surface area contributed by atoms with Gasteiger partial charge in [0.25, 0.3) is 0 Å². The molecule has 30 heavy (non-hydrogen) atoms. The number of nitrogens with zero attached hydrogens (tertiary/aromatic N) is 2. The lowest BCUT2D eigenvalue weighted by Gasteiger charge is -2.31. The molecule has 1 aliphatic heterocycles. The van der Waals surface area contributed by atoms with E-state index in [0.717, 1.165) is 61.8 Å². The highest BCUT2D eigenvalue weighted by molar-refractivity contribution is 7.09. The van der Waals surface area contributed by atoms with E-state index in [1.807, 2.05) is 32.9 Å². The minimum absolute atomic E-state index is 0.133. The molecule has 0 spiro atoms. The first-order chi connectivity index (χ1) is 14.4. The molecule has 6 heteroatoms. The number of likely N-dealkylation sites (tertiary alicyclic amines) is 1. The fraction of sp³-hybridized carbons (Fsp3) is 0.583. The molecule has 3 rings (SSSR count). The van der Waals surface area contributed by atoms with E-state index in [-0.39, 0.29) is 24.0 Å². The number of rotatable bonds is 9. The van der Waals surface area contributed by atoms with Crippen LogP contribution in [0.5, 0.6) is 5.75 Å². The third-order valence-electron chi connectivity index (χ3n) is 5.56. The number of amides is 1. The second kappa shape index (κ2) is 10.9. The maximum Gasteiger partial charge on any atom is 0.223 e. The monoisotopic (exact) mass is 429 g/mol. The van der Waals surface area contributed by atoms with E-state index in [1.54, 1.807) is 11.3 Å². The molecule has 1 aromatic heterocycles. The summed E-state index contributed by atoms with van der Waals surface area (Å²) in [6.07, 6.45) is 3.94. The van der Waals surface area contributed by atoms with Crippen molar-refractivity contribution in [2.75, 3.05) is 13.1 Å². The van der Waals surface area contributed by atoms with Crippen molar-refractivity contribution >= 4 is 17.2 Å². The van der Waals surface area contributed by atoms with Gasteiger partial charge in [-0.2, -0.15) is 0 Å². The molecule has 0 radical (unpaired) electrons. The van der Waals surface area contributed by atoms with Gasteiger partial charge in [0.15, 0.2) is 0 Å². The molecule has 5 nitrogen and oxygen atoms in total. The van der Waals surface area contributed by atoms with Crippen molar-refractivity contribution in [1.82, 2.24) is 15.2 Å². The molecule has 0 saturated carbocycles. The highest BCUT2D eigenvalue weighted by atomic mass is 32.1. The summed E-state index contributed by atoms with van der Waals surface area (Å²) < 4.78 is 5.69. The van der Waals surface area contributed by atoms with Crippen LogP contribution in [0.25, 0.3) is 0 Å². The maximum absolute atomic E-state index is 12.7. The second-order valence-electron chi connectivity index (χ2n) is 8.67. The van der Waals surface area contributed by atoms with Crippen LogP contribution in [-0.2, 0) is 17.8 Å². The first kappa shape index (κ1) is 22.8. The van der Waals surface area contributed by atoms with Gasteiger partial charge in [-0.1, -0.05) is 12.1 Å². The average molecular weight is 430 g/mol. The zero-order valence-corrected chi connectivity index (χ0v) is 19.5. The van der Waals surface area contributed by atoms with Crippen LogP contribution in [0.2, 0.25) is 0 Å². The Labute approximate surface area is 184 Å². The summed E-state index contributed by atoms with van der Waals surface area (Å²) in [7, 11) is 0. The van der Waals surface area contributed by atoms with Crippen molar-refractivity contribution in [2.24, 2.45) is 5.92 Å². The molecule has 1 fully saturated rings. The molecule has 0 bridgehead atoms. The quantitative estimate of drug-likeness (QED) is 0.633. The van der Waals surface area contributed by atoms with Crippen LogP contribution >= 0.6 is 11.3 Å². The number of hydrogen-bond acceptors (Lipinski definition) is 5. The van der Waals surface area contributed by atoms with Crippen molar-refractivity contribution in [2.45, 2.75) is 72.1 Å². The van der Waals surface area contributed by atoms with Crippen molar-refractivity contribution in [3.63, 3.8) is 0 Å². The maximum atomic E-state index is 12.7. The van der Waals surface area contributed by atoms with Gasteiger partial charge < -0.3 is 10.1 Å². The van der Waals surface area contributed by atoms with Crippen molar-refractivity contribution < 1.29 is 9.53 Å². The Kier molecular flexibility index (Phi) is 8.28. The number of carbonyl (C=O) groups is 1. The van der Waals surface area contributed by atoms with Crippen LogP contribution in [0, 0.1) is 12.8 Å². The van der Waals surface area contributed by atoms with E-state index in [2.05, 4.69) is 39.6 Å². The highest BCUT2D eigenvalue weighted by Crippen LogP contribution is 2.21. The summed E-state index contributed by atoms with van der Waals surface area (Å²) in [5, 5.41) is 6.49. The van der Waals surface area contributed by atoms with E-state index in [4.69, 9.17) is 4.74 Å². The Bertz CT molecular complexity index is 795. The molecule has 1 atom stereocenters. The summed E-state index contributed by atoms with van der Waals surface area (Å²) in [4.78, 5) is 19.6. The summed E-state index contributed by atoms with van der Waals surface area (Å²) in [6.45, 7) is 11.0. The van der Waals surface area contributed by atoms with Gasteiger partial charge in [0, 0.05) is 23.9 Å². The normalized spacial score (nSPS) is 16.6. The molecule has 1 N–H and O–H groups in total. The number of carbonyl (C=O) groups excluding carboxylic acids is 1. The Balaban J connectivity index is 1.36. The minimum Gasteiger partial charge on any atom is -0.491 e. The third kappa shape index (κ3) is 7.10. The lowest BCUT2D eigenvalue weighted by atomic mass is 9.95. The lowest BCUT2D eigenvalue weighted by molar-refractivity contribution is -0.127. The Morgan fingerprint density at radius 3 is 2.53 bits per heavy atom. The predicted octanol–water partition coefficient (Wildman–Crippen LogP) is 4.59. The van der Waals surface area contributed by atoms with Crippen molar-refractivity contribution in [1.29, 1.82) is 0 Å². The van der Waals surface area contributed by atoms with Gasteiger partial charge in [-0.3, -0.25) is 9.69 Å². The molecular weight excluding hydrogens is 394 g/mol. The van der Waals surface area contributed by atoms with Gasteiger partial charge in [-0.15, -0.1) is 11.3 Å². The Morgan fingerprint density at radius 2 is 1.93 bits per heavy atom. The largest absolute Gasteiger partial charge is 0.491 e. The number of aryl methyl sites for hydroxylation is 2. The highest BCUT2D eigenvalue weighted by Gasteiger charge is 2.26. The van der Waals surface area contributed by atoms with Gasteiger partial charge >= 0.3 is 0 Å². The fourth-order valence-electron chi connectivity index (χ4n) is 3.89. The molecule has 2 heterocycles. The van der Waals surface area contributed by atoms with E-state index in [9.17, 15) is 4.79 Å². The predicted molar refractivity (Wildman–Crippen MR) is 123 cm³/mol. The Hall–Kier alpha value is -1.92. The number of aromatic nitrogens is 1. The molecule has 1 amide bonds. The van der Waals surface area contributed by atoms with Crippen LogP contribution in [0.3, 0.4) is 0 Å². The zero-order chi connectivity index (χ0) is 21.5. The van der Waals surface area contributed by atoms with Crippen molar-refractivity contribution in [3.8, 4) is 5.75 Å². The molecule has 1 aromatic carbocycles. The Morgan fingerprint density at radius 1 is 1.23 bits per heavy atom. The summed E-state index contributed by atoms with van der Waals surface area (Å²) >= 11 is 1.70. The summed E-state index contributed by atoms with van der Waals surface area (Å²) in [5.74, 6) is 1.26. The number of hydrogen-bond donors (Lipinski definition) is 1. The van der Waals surface area contributed by atoms with Gasteiger partial charge in [0.2, 0.25) is 5.91 Å². The molecular formula is C24H35N3O2S. The van der Waals surface area contributed by atoms with Crippen molar-refractivity contribution in [3.05, 3.63) is 45.9 Å². The fourth-order valence-corrected chi connectivity index (χ4v) is 4.49. The first-order valence-corrected chi connectivity index (χ1v) is 12.0. The molecule has 164 valence electrons. The lowest BCUT2D eigenvalue weighted by Crippen LogP contribution is -2.43. The SMILES string of the molecule is Cc1nc(CN2CCC(C(=O)NC(C)CCc3ccc(OC(C)C)cc3)CC2)cs1. The van der Waals surface area contributed by atoms with E-state index in [0.29, 0.717) is 0 Å². The van der Waals surface area contributed by atoms with Crippen LogP contribution < -0.4 is 10.1 Å². The molecule has 2 aromatic rings. The zero-order valence-electron chi connectivity index (χ0n) is 18.7. The van der Waals surface area contributed by atoms with E-state index >= 15 is 0 Å².